The van der Waals surface area contributed by atoms with Gasteiger partial charge < -0.3 is 12.6 Å². The number of nitrogens with zero attached hydrogens (tertiary/aromatic N) is 2. The van der Waals surface area contributed by atoms with E-state index in [2.05, 4.69) is 10.4 Å². The van der Waals surface area contributed by atoms with Gasteiger partial charge in [0.1, 0.15) is 0 Å². The molecule has 0 aliphatic carbocycles. The Morgan fingerprint density at radius 2 is 1.76 bits per heavy atom. The third-order valence-corrected chi connectivity index (χ3v) is 2.43. The average Bonchev–Trinajstić information content (AvgIpc) is 2.33. The van der Waals surface area contributed by atoms with Crippen molar-refractivity contribution in [1.82, 2.24) is 0 Å². The molecular weight excluding hydrogens is 254 g/mol. The molecule has 86 valence electrons. The Balaban J connectivity index is 2.09. The highest BCUT2D eigenvalue weighted by molar-refractivity contribution is 7.77. The van der Waals surface area contributed by atoms with E-state index < -0.39 is 0 Å². The van der Waals surface area contributed by atoms with Gasteiger partial charge in [-0.3, -0.25) is 4.99 Å². The van der Waals surface area contributed by atoms with E-state index in [1.165, 1.54) is 0 Å². The van der Waals surface area contributed by atoms with Crippen LogP contribution in [0.2, 0.25) is 5.02 Å². The van der Waals surface area contributed by atoms with E-state index in [0.717, 1.165) is 5.69 Å². The van der Waals surface area contributed by atoms with E-state index >= 15 is 0 Å². The zero-order valence-corrected chi connectivity index (χ0v) is 10.4. The number of aliphatic imine (C=N–C) groups is 1. The van der Waals surface area contributed by atoms with E-state index in [1.54, 1.807) is 16.8 Å². The van der Waals surface area contributed by atoms with Gasteiger partial charge in [0.25, 0.3) is 0 Å². The van der Waals surface area contributed by atoms with Crippen molar-refractivity contribution in [2.75, 3.05) is 5.43 Å². The first kappa shape index (κ1) is 11.8. The smallest absolute Gasteiger partial charge is 0.199 e. The lowest BCUT2D eigenvalue weighted by atomic mass is 10.3. The first-order chi connectivity index (χ1) is 8.24. The summed E-state index contributed by atoms with van der Waals surface area (Å²) < 4.78 is 1.74. The number of amidine groups is 1. The maximum absolute atomic E-state index is 5.78. The molecule has 17 heavy (non-hydrogen) atoms. The Hall–Kier alpha value is -1.65. The molecule has 2 rings (SSSR count). The summed E-state index contributed by atoms with van der Waals surface area (Å²) in [5, 5.41) is 1.07. The molecule has 1 aromatic carbocycles. The van der Waals surface area contributed by atoms with Crippen LogP contribution in [0, 0.1) is 0 Å². The van der Waals surface area contributed by atoms with Crippen LogP contribution in [0.4, 0.5) is 5.69 Å². The fourth-order valence-corrected chi connectivity index (χ4v) is 1.58. The Morgan fingerprint density at radius 1 is 1.12 bits per heavy atom. The summed E-state index contributed by atoms with van der Waals surface area (Å²) in [4.78, 5) is 4.24. The second kappa shape index (κ2) is 5.61. The van der Waals surface area contributed by atoms with Gasteiger partial charge in [-0.15, -0.1) is 0 Å². The van der Waals surface area contributed by atoms with Crippen LogP contribution in [0.5, 0.6) is 0 Å². The lowest BCUT2D eigenvalue weighted by molar-refractivity contribution is -0.639. The number of nitrogens with one attached hydrogen (secondary N) is 1. The van der Waals surface area contributed by atoms with Crippen molar-refractivity contribution in [1.29, 1.82) is 0 Å². The van der Waals surface area contributed by atoms with Crippen molar-refractivity contribution in [2.24, 2.45) is 4.99 Å². The van der Waals surface area contributed by atoms with Gasteiger partial charge in [-0.05, 0) is 24.3 Å². The highest BCUT2D eigenvalue weighted by Gasteiger charge is 1.94. The van der Waals surface area contributed by atoms with Crippen LogP contribution < -0.4 is 10.1 Å². The molecule has 1 heterocycles. The molecule has 0 aliphatic heterocycles. The van der Waals surface area contributed by atoms with Gasteiger partial charge in [0.2, 0.25) is 0 Å². The fourth-order valence-electron chi connectivity index (χ4n) is 1.24. The van der Waals surface area contributed by atoms with Crippen LogP contribution in [0.15, 0.2) is 59.9 Å². The Labute approximate surface area is 110 Å². The zero-order chi connectivity index (χ0) is 12.1. The van der Waals surface area contributed by atoms with Crippen molar-refractivity contribution >= 4 is 35.1 Å². The molecule has 0 saturated carbocycles. The Kier molecular flexibility index (Phi) is 3.90. The molecule has 5 heteroatoms. The van der Waals surface area contributed by atoms with E-state index in [0.29, 0.717) is 10.2 Å². The predicted molar refractivity (Wildman–Crippen MR) is 71.9 cm³/mol. The van der Waals surface area contributed by atoms with Crippen molar-refractivity contribution in [3.63, 3.8) is 0 Å². The quantitative estimate of drug-likeness (QED) is 0.390. The summed E-state index contributed by atoms with van der Waals surface area (Å²) in [5.74, 6) is 0. The van der Waals surface area contributed by atoms with Crippen LogP contribution in [0.1, 0.15) is 0 Å². The van der Waals surface area contributed by atoms with Crippen LogP contribution >= 0.6 is 11.6 Å². The number of benzene rings is 1. The molecule has 0 unspecified atom stereocenters. The van der Waals surface area contributed by atoms with E-state index in [1.807, 2.05) is 42.7 Å². The van der Waals surface area contributed by atoms with E-state index in [4.69, 9.17) is 24.2 Å². The maximum atomic E-state index is 5.78. The largest absolute Gasteiger partial charge is 0.737 e. The van der Waals surface area contributed by atoms with Crippen molar-refractivity contribution in [3.8, 4) is 0 Å². The van der Waals surface area contributed by atoms with Crippen LogP contribution in [0.25, 0.3) is 0 Å². The number of aromatic nitrogens is 1. The number of hydrogen-bond donors (Lipinski definition) is 1. The Morgan fingerprint density at radius 3 is 2.41 bits per heavy atom. The molecule has 0 saturated heterocycles. The second-order valence-electron chi connectivity index (χ2n) is 3.29. The monoisotopic (exact) mass is 263 g/mol. The van der Waals surface area contributed by atoms with Crippen molar-refractivity contribution in [3.05, 3.63) is 59.9 Å². The summed E-state index contributed by atoms with van der Waals surface area (Å²) in [6, 6.07) is 12.9. The highest BCUT2D eigenvalue weighted by Crippen LogP contribution is 2.15. The molecule has 0 fully saturated rings. The lowest BCUT2D eigenvalue weighted by Gasteiger charge is -2.08. The second-order valence-corrected chi connectivity index (χ2v) is 4.11. The molecule has 0 atom stereocenters. The summed E-state index contributed by atoms with van der Waals surface area (Å²) in [5.41, 5.74) is 3.72. The first-order valence-corrected chi connectivity index (χ1v) is 5.77. The molecule has 0 amide bonds. The van der Waals surface area contributed by atoms with Gasteiger partial charge in [0.15, 0.2) is 12.4 Å². The number of rotatable bonds is 2. The minimum Gasteiger partial charge on any atom is -0.737 e. The molecule has 0 bridgehead atoms. The summed E-state index contributed by atoms with van der Waals surface area (Å²) >= 11 is 10.9. The van der Waals surface area contributed by atoms with Crippen molar-refractivity contribution in [2.45, 2.75) is 0 Å². The average molecular weight is 264 g/mol. The van der Waals surface area contributed by atoms with Gasteiger partial charge in [-0.1, -0.05) is 22.3 Å². The summed E-state index contributed by atoms with van der Waals surface area (Å²) in [6.45, 7) is 0. The minimum atomic E-state index is 0.392. The van der Waals surface area contributed by atoms with Gasteiger partial charge >= 0.3 is 0 Å². The molecule has 2 aromatic rings. The highest BCUT2D eigenvalue weighted by atomic mass is 35.5. The van der Waals surface area contributed by atoms with Crippen molar-refractivity contribution < 1.29 is 4.68 Å². The van der Waals surface area contributed by atoms with Crippen LogP contribution in [-0.4, -0.2) is 5.17 Å². The third-order valence-electron chi connectivity index (χ3n) is 2.00. The van der Waals surface area contributed by atoms with Crippen LogP contribution in [0.3, 0.4) is 0 Å². The van der Waals surface area contributed by atoms with E-state index in [9.17, 15) is 0 Å². The minimum absolute atomic E-state index is 0.392. The third kappa shape index (κ3) is 3.69. The SMILES string of the molecule is [S-]C(=Nc1ccc(Cl)cc1)N[n+]1ccccc1. The molecule has 0 radical (unpaired) electrons. The molecule has 1 aromatic heterocycles. The van der Waals surface area contributed by atoms with Gasteiger partial charge in [-0.2, -0.15) is 5.43 Å². The van der Waals surface area contributed by atoms with E-state index in [-0.39, 0.29) is 0 Å². The van der Waals surface area contributed by atoms with Gasteiger partial charge in [0.05, 0.1) is 5.69 Å². The topological polar surface area (TPSA) is 28.3 Å². The summed E-state index contributed by atoms with van der Waals surface area (Å²) in [7, 11) is 0. The normalized spacial score (nSPS) is 11.2. The number of hydrogen-bond acceptors (Lipinski definition) is 2. The predicted octanol–water partition coefficient (Wildman–Crippen LogP) is 2.41. The van der Waals surface area contributed by atoms with Crippen LogP contribution in [-0.2, 0) is 12.6 Å². The maximum Gasteiger partial charge on any atom is 0.199 e. The molecule has 0 spiro atoms. The zero-order valence-electron chi connectivity index (χ0n) is 8.88. The lowest BCUT2D eigenvalue weighted by Crippen LogP contribution is -2.46. The first-order valence-electron chi connectivity index (χ1n) is 4.99. The number of pyridine rings is 1. The molecule has 3 nitrogen and oxygen atoms in total. The molecule has 1 N–H and O–H groups in total. The number of halogens is 1. The summed E-state index contributed by atoms with van der Waals surface area (Å²) in [6.07, 6.45) is 3.70. The fraction of sp³-hybridized carbons (Fsp3) is 0. The van der Waals surface area contributed by atoms with Gasteiger partial charge in [0, 0.05) is 22.3 Å². The standard InChI is InChI=1S/C12H10ClN3S/c13-10-4-6-11(7-5-10)14-12(17)15-16-8-2-1-3-9-16/h1-9H,(H-,14,15,17). The van der Waals surface area contributed by atoms with Gasteiger partial charge in [-0.25, -0.2) is 0 Å². The molecular formula is C12H10ClN3S. The Bertz CT molecular complexity index is 511. The molecule has 0 aliphatic rings.